The van der Waals surface area contributed by atoms with Crippen LogP contribution in [0.25, 0.3) is 0 Å². The molecule has 0 bridgehead atoms. The summed E-state index contributed by atoms with van der Waals surface area (Å²) < 4.78 is 7.77. The van der Waals surface area contributed by atoms with Crippen LogP contribution in [-0.2, 0) is 16.1 Å². The van der Waals surface area contributed by atoms with Gasteiger partial charge in [-0.05, 0) is 37.9 Å². The number of hydrogen-bond acceptors (Lipinski definition) is 3. The van der Waals surface area contributed by atoms with Crippen LogP contribution in [0.5, 0.6) is 0 Å². The molecule has 2 heterocycles. The zero-order valence-electron chi connectivity index (χ0n) is 9.57. The van der Waals surface area contributed by atoms with Crippen molar-refractivity contribution in [2.75, 3.05) is 26.3 Å². The quantitative estimate of drug-likeness (QED) is 0.776. The summed E-state index contributed by atoms with van der Waals surface area (Å²) in [6, 6.07) is 1.66. The van der Waals surface area contributed by atoms with Crippen LogP contribution in [0.1, 0.15) is 0 Å². The van der Waals surface area contributed by atoms with Crippen molar-refractivity contribution in [3.05, 3.63) is 31.6 Å². The molecule has 0 aliphatic carbocycles. The SMILES string of the molecule is O=C(Cn1cc(Br)cc(Br)c1=O)N1CCOCC1. The molecule has 1 aromatic heterocycles. The van der Waals surface area contributed by atoms with E-state index < -0.39 is 0 Å². The van der Waals surface area contributed by atoms with Crippen molar-refractivity contribution >= 4 is 37.8 Å². The first-order valence-electron chi connectivity index (χ1n) is 5.49. The second-order valence-electron chi connectivity index (χ2n) is 3.93. The third-order valence-electron chi connectivity index (χ3n) is 2.68. The number of carbonyl (C=O) groups excluding carboxylic acids is 1. The van der Waals surface area contributed by atoms with Gasteiger partial charge in [-0.3, -0.25) is 9.59 Å². The van der Waals surface area contributed by atoms with E-state index in [4.69, 9.17) is 4.74 Å². The summed E-state index contributed by atoms with van der Waals surface area (Å²) >= 11 is 6.47. The number of carbonyl (C=O) groups is 1. The molecule has 0 spiro atoms. The topological polar surface area (TPSA) is 51.5 Å². The smallest absolute Gasteiger partial charge is 0.265 e. The summed E-state index contributed by atoms with van der Waals surface area (Å²) in [5.74, 6) is -0.0644. The fraction of sp³-hybridized carbons (Fsp3) is 0.455. The Hall–Kier alpha value is -0.660. The van der Waals surface area contributed by atoms with Gasteiger partial charge in [-0.25, -0.2) is 0 Å². The molecular weight excluding hydrogens is 368 g/mol. The van der Waals surface area contributed by atoms with Crippen molar-refractivity contribution < 1.29 is 9.53 Å². The fourth-order valence-electron chi connectivity index (χ4n) is 1.74. The summed E-state index contributed by atoms with van der Waals surface area (Å²) in [5, 5.41) is 0. The van der Waals surface area contributed by atoms with Crippen LogP contribution >= 0.6 is 31.9 Å². The predicted octanol–water partition coefficient (Wildman–Crippen LogP) is 1.23. The highest BCUT2D eigenvalue weighted by molar-refractivity contribution is 9.11. The lowest BCUT2D eigenvalue weighted by atomic mass is 10.4. The molecule has 18 heavy (non-hydrogen) atoms. The van der Waals surface area contributed by atoms with E-state index in [1.54, 1.807) is 17.2 Å². The van der Waals surface area contributed by atoms with Gasteiger partial charge in [0, 0.05) is 23.8 Å². The molecule has 7 heteroatoms. The maximum Gasteiger partial charge on any atom is 0.265 e. The molecule has 1 aromatic rings. The lowest BCUT2D eigenvalue weighted by molar-refractivity contribution is -0.135. The minimum atomic E-state index is -0.209. The van der Waals surface area contributed by atoms with Gasteiger partial charge < -0.3 is 14.2 Å². The number of aromatic nitrogens is 1. The third kappa shape index (κ3) is 3.21. The van der Waals surface area contributed by atoms with E-state index >= 15 is 0 Å². The fourth-order valence-corrected chi connectivity index (χ4v) is 3.00. The number of pyridine rings is 1. The van der Waals surface area contributed by atoms with Crippen LogP contribution in [0.2, 0.25) is 0 Å². The van der Waals surface area contributed by atoms with Crippen molar-refractivity contribution in [1.29, 1.82) is 0 Å². The Kier molecular flexibility index (Phi) is 4.58. The van der Waals surface area contributed by atoms with E-state index in [1.165, 1.54) is 4.57 Å². The molecule has 98 valence electrons. The number of hydrogen-bond donors (Lipinski definition) is 0. The molecule has 0 unspecified atom stereocenters. The van der Waals surface area contributed by atoms with Crippen LogP contribution in [0.4, 0.5) is 0 Å². The first-order valence-corrected chi connectivity index (χ1v) is 7.07. The number of amides is 1. The Morgan fingerprint density at radius 3 is 2.67 bits per heavy atom. The minimum absolute atomic E-state index is 0.0525. The summed E-state index contributed by atoms with van der Waals surface area (Å²) in [7, 11) is 0. The van der Waals surface area contributed by atoms with Crippen molar-refractivity contribution in [3.8, 4) is 0 Å². The largest absolute Gasteiger partial charge is 0.378 e. The highest BCUT2D eigenvalue weighted by Gasteiger charge is 2.17. The van der Waals surface area contributed by atoms with Crippen molar-refractivity contribution in [3.63, 3.8) is 0 Å². The zero-order valence-corrected chi connectivity index (χ0v) is 12.7. The van der Waals surface area contributed by atoms with E-state index in [9.17, 15) is 9.59 Å². The Bertz CT molecular complexity index is 510. The van der Waals surface area contributed by atoms with Crippen LogP contribution < -0.4 is 5.56 Å². The van der Waals surface area contributed by atoms with Crippen molar-refractivity contribution in [1.82, 2.24) is 9.47 Å². The first kappa shape index (κ1) is 13.8. The van der Waals surface area contributed by atoms with Crippen LogP contribution in [0.3, 0.4) is 0 Å². The monoisotopic (exact) mass is 378 g/mol. The van der Waals surface area contributed by atoms with Crippen LogP contribution in [-0.4, -0.2) is 41.7 Å². The summed E-state index contributed by atoms with van der Waals surface area (Å²) in [6.45, 7) is 2.34. The average Bonchev–Trinajstić information content (AvgIpc) is 2.36. The minimum Gasteiger partial charge on any atom is -0.378 e. The Morgan fingerprint density at radius 1 is 1.33 bits per heavy atom. The van der Waals surface area contributed by atoms with Gasteiger partial charge in [0.05, 0.1) is 17.7 Å². The Balaban J connectivity index is 2.13. The van der Waals surface area contributed by atoms with E-state index in [-0.39, 0.29) is 18.0 Å². The molecule has 0 saturated carbocycles. The Morgan fingerprint density at radius 2 is 2.00 bits per heavy atom. The molecule has 1 aliphatic rings. The van der Waals surface area contributed by atoms with Gasteiger partial charge in [0.15, 0.2) is 0 Å². The van der Waals surface area contributed by atoms with Crippen molar-refractivity contribution in [2.45, 2.75) is 6.54 Å². The molecule has 1 saturated heterocycles. The van der Waals surface area contributed by atoms with Gasteiger partial charge >= 0.3 is 0 Å². The second-order valence-corrected chi connectivity index (χ2v) is 5.70. The highest BCUT2D eigenvalue weighted by atomic mass is 79.9. The number of morpholine rings is 1. The lowest BCUT2D eigenvalue weighted by Gasteiger charge is -2.27. The third-order valence-corrected chi connectivity index (χ3v) is 3.68. The maximum absolute atomic E-state index is 12.0. The average molecular weight is 380 g/mol. The molecule has 1 aliphatic heterocycles. The highest BCUT2D eigenvalue weighted by Crippen LogP contribution is 2.13. The molecule has 0 atom stereocenters. The molecule has 1 fully saturated rings. The number of rotatable bonds is 2. The summed E-state index contributed by atoms with van der Waals surface area (Å²) in [4.78, 5) is 25.6. The van der Waals surface area contributed by atoms with Gasteiger partial charge in [0.1, 0.15) is 6.54 Å². The number of halogens is 2. The molecule has 0 radical (unpaired) electrons. The normalized spacial score (nSPS) is 15.8. The van der Waals surface area contributed by atoms with Gasteiger partial charge in [0.2, 0.25) is 5.91 Å². The van der Waals surface area contributed by atoms with Gasteiger partial charge in [-0.2, -0.15) is 0 Å². The van der Waals surface area contributed by atoms with Crippen LogP contribution in [0.15, 0.2) is 26.0 Å². The molecule has 2 rings (SSSR count). The summed E-state index contributed by atoms with van der Waals surface area (Å²) in [6.07, 6.45) is 1.62. The van der Waals surface area contributed by atoms with E-state index in [0.29, 0.717) is 30.8 Å². The lowest BCUT2D eigenvalue weighted by Crippen LogP contribution is -2.43. The maximum atomic E-state index is 12.0. The molecular formula is C11H12Br2N2O3. The van der Waals surface area contributed by atoms with E-state index in [2.05, 4.69) is 31.9 Å². The first-order chi connectivity index (χ1) is 8.58. The molecule has 0 N–H and O–H groups in total. The summed E-state index contributed by atoms with van der Waals surface area (Å²) in [5.41, 5.74) is -0.209. The standard InChI is InChI=1S/C11H12Br2N2O3/c12-8-5-9(13)11(17)15(6-8)7-10(16)14-1-3-18-4-2-14/h5-6H,1-4,7H2. The van der Waals surface area contributed by atoms with Gasteiger partial charge in [0.25, 0.3) is 5.56 Å². The zero-order chi connectivity index (χ0) is 13.1. The Labute approximate surface area is 121 Å². The van der Waals surface area contributed by atoms with E-state index in [1.807, 2.05) is 0 Å². The second kappa shape index (κ2) is 5.99. The van der Waals surface area contributed by atoms with Gasteiger partial charge in [-0.1, -0.05) is 0 Å². The van der Waals surface area contributed by atoms with Crippen LogP contribution in [0, 0.1) is 0 Å². The molecule has 5 nitrogen and oxygen atoms in total. The van der Waals surface area contributed by atoms with Gasteiger partial charge in [-0.15, -0.1) is 0 Å². The van der Waals surface area contributed by atoms with E-state index in [0.717, 1.165) is 4.47 Å². The predicted molar refractivity (Wildman–Crippen MR) is 73.5 cm³/mol. The number of nitrogens with zero attached hydrogens (tertiary/aromatic N) is 2. The van der Waals surface area contributed by atoms with Crippen molar-refractivity contribution in [2.24, 2.45) is 0 Å². The molecule has 0 aromatic carbocycles. The molecule has 1 amide bonds. The number of ether oxygens (including phenoxy) is 1.